The molecule has 0 unspecified atom stereocenters. The summed E-state index contributed by atoms with van der Waals surface area (Å²) >= 11 is 0. The fraction of sp³-hybridized carbons (Fsp3) is 0.118. The van der Waals surface area contributed by atoms with Crippen LogP contribution in [0.4, 0.5) is 0 Å². The molecule has 0 radical (unpaired) electrons. The van der Waals surface area contributed by atoms with E-state index in [4.69, 9.17) is 9.15 Å². The first kappa shape index (κ1) is 12.5. The monoisotopic (exact) mass is 266 g/mol. The van der Waals surface area contributed by atoms with Crippen LogP contribution >= 0.6 is 0 Å². The largest absolute Gasteiger partial charge is 0.494 e. The van der Waals surface area contributed by atoms with Crippen molar-refractivity contribution in [3.63, 3.8) is 0 Å². The Morgan fingerprint density at radius 3 is 2.60 bits per heavy atom. The maximum absolute atomic E-state index is 11.7. The number of hydrogen-bond acceptors (Lipinski definition) is 3. The summed E-state index contributed by atoms with van der Waals surface area (Å²) in [7, 11) is 0. The molecule has 100 valence electrons. The van der Waals surface area contributed by atoms with Crippen molar-refractivity contribution in [2.45, 2.75) is 6.92 Å². The molecule has 0 saturated heterocycles. The second-order valence-corrected chi connectivity index (χ2v) is 4.44. The molecule has 1 aromatic heterocycles. The van der Waals surface area contributed by atoms with Crippen molar-refractivity contribution in [2.24, 2.45) is 0 Å². The molecule has 20 heavy (non-hydrogen) atoms. The smallest absolute Gasteiger partial charge is 0.336 e. The van der Waals surface area contributed by atoms with E-state index in [1.165, 1.54) is 6.07 Å². The van der Waals surface area contributed by atoms with E-state index in [1.54, 1.807) is 6.07 Å². The molecule has 3 aromatic rings. The van der Waals surface area contributed by atoms with Crippen LogP contribution in [0.15, 0.2) is 63.8 Å². The van der Waals surface area contributed by atoms with Gasteiger partial charge in [-0.05, 0) is 36.2 Å². The fourth-order valence-corrected chi connectivity index (χ4v) is 2.26. The molecule has 0 amide bonds. The Bertz CT molecular complexity index is 788. The molecular formula is C17H14O3. The average molecular weight is 266 g/mol. The van der Waals surface area contributed by atoms with Gasteiger partial charge >= 0.3 is 5.63 Å². The van der Waals surface area contributed by atoms with E-state index in [1.807, 2.05) is 49.4 Å². The summed E-state index contributed by atoms with van der Waals surface area (Å²) in [6.07, 6.45) is 0. The van der Waals surface area contributed by atoms with Crippen LogP contribution in [0.25, 0.3) is 22.1 Å². The summed E-state index contributed by atoms with van der Waals surface area (Å²) in [5.74, 6) is 0.769. The number of benzene rings is 2. The minimum absolute atomic E-state index is 0.347. The number of hydrogen-bond donors (Lipinski definition) is 0. The van der Waals surface area contributed by atoms with Gasteiger partial charge in [-0.3, -0.25) is 0 Å². The third-order valence-corrected chi connectivity index (χ3v) is 3.11. The molecule has 0 aliphatic heterocycles. The Morgan fingerprint density at radius 2 is 1.85 bits per heavy atom. The Hall–Kier alpha value is -2.55. The van der Waals surface area contributed by atoms with Crippen LogP contribution in [0.5, 0.6) is 5.75 Å². The van der Waals surface area contributed by atoms with Gasteiger partial charge in [0.2, 0.25) is 0 Å². The maximum Gasteiger partial charge on any atom is 0.336 e. The molecule has 0 saturated carbocycles. The van der Waals surface area contributed by atoms with Crippen LogP contribution in [-0.2, 0) is 0 Å². The predicted molar refractivity (Wildman–Crippen MR) is 79.1 cm³/mol. The van der Waals surface area contributed by atoms with Gasteiger partial charge in [0.25, 0.3) is 0 Å². The summed E-state index contributed by atoms with van der Waals surface area (Å²) in [5.41, 5.74) is 2.07. The Kier molecular flexibility index (Phi) is 3.25. The first-order chi connectivity index (χ1) is 9.78. The van der Waals surface area contributed by atoms with Crippen molar-refractivity contribution in [2.75, 3.05) is 6.61 Å². The molecule has 2 aromatic carbocycles. The summed E-state index contributed by atoms with van der Waals surface area (Å²) < 4.78 is 10.8. The topological polar surface area (TPSA) is 39.4 Å². The molecule has 3 nitrogen and oxygen atoms in total. The first-order valence-electron chi connectivity index (χ1n) is 6.54. The molecule has 3 heteroatoms. The highest BCUT2D eigenvalue weighted by molar-refractivity contribution is 5.93. The second-order valence-electron chi connectivity index (χ2n) is 4.44. The minimum atomic E-state index is -0.347. The average Bonchev–Trinajstić information content (AvgIpc) is 2.48. The summed E-state index contributed by atoms with van der Waals surface area (Å²) in [4.78, 5) is 11.7. The van der Waals surface area contributed by atoms with Crippen molar-refractivity contribution in [1.29, 1.82) is 0 Å². The lowest BCUT2D eigenvalue weighted by atomic mass is 10.0. The molecule has 0 N–H and O–H groups in total. The maximum atomic E-state index is 11.7. The Labute approximate surface area is 116 Å². The summed E-state index contributed by atoms with van der Waals surface area (Å²) in [5, 5.41) is 0.877. The lowest BCUT2D eigenvalue weighted by Crippen LogP contribution is -1.99. The van der Waals surface area contributed by atoms with Gasteiger partial charge in [-0.15, -0.1) is 0 Å². The molecule has 0 spiro atoms. The zero-order valence-electron chi connectivity index (χ0n) is 11.1. The van der Waals surface area contributed by atoms with Gasteiger partial charge in [-0.2, -0.15) is 0 Å². The molecular weight excluding hydrogens is 252 g/mol. The first-order valence-corrected chi connectivity index (χ1v) is 6.54. The van der Waals surface area contributed by atoms with Crippen molar-refractivity contribution >= 4 is 11.0 Å². The molecule has 0 aliphatic rings. The van der Waals surface area contributed by atoms with E-state index in [2.05, 4.69) is 0 Å². The van der Waals surface area contributed by atoms with Crippen LogP contribution in [0.1, 0.15) is 6.92 Å². The van der Waals surface area contributed by atoms with Gasteiger partial charge < -0.3 is 9.15 Å². The van der Waals surface area contributed by atoms with Gasteiger partial charge in [0.05, 0.1) is 6.61 Å². The van der Waals surface area contributed by atoms with Crippen LogP contribution < -0.4 is 10.4 Å². The van der Waals surface area contributed by atoms with Gasteiger partial charge in [0.15, 0.2) is 0 Å². The second kappa shape index (κ2) is 5.21. The van der Waals surface area contributed by atoms with Gasteiger partial charge in [0.1, 0.15) is 11.3 Å². The molecule has 0 bridgehead atoms. The molecule has 0 atom stereocenters. The van der Waals surface area contributed by atoms with E-state index >= 15 is 0 Å². The lowest BCUT2D eigenvalue weighted by Gasteiger charge is -2.08. The van der Waals surface area contributed by atoms with E-state index < -0.39 is 0 Å². The molecule has 1 heterocycles. The highest BCUT2D eigenvalue weighted by Gasteiger charge is 2.08. The minimum Gasteiger partial charge on any atom is -0.494 e. The Morgan fingerprint density at radius 1 is 1.05 bits per heavy atom. The molecule has 0 aliphatic carbocycles. The van der Waals surface area contributed by atoms with E-state index in [-0.39, 0.29) is 5.63 Å². The van der Waals surface area contributed by atoms with Crippen molar-refractivity contribution in [1.82, 2.24) is 0 Å². The zero-order chi connectivity index (χ0) is 13.9. The van der Waals surface area contributed by atoms with Crippen LogP contribution in [0.3, 0.4) is 0 Å². The fourth-order valence-electron chi connectivity index (χ4n) is 2.26. The summed E-state index contributed by atoms with van der Waals surface area (Å²) in [6.45, 7) is 2.54. The standard InChI is InChI=1S/C17H14O3/c1-2-19-13-8-9-16-15(10-13)14(11-17(18)20-16)12-6-4-3-5-7-12/h3-11H,2H2,1H3. The van der Waals surface area contributed by atoms with E-state index in [9.17, 15) is 4.79 Å². The van der Waals surface area contributed by atoms with Crippen LogP contribution in [0, 0.1) is 0 Å². The normalized spacial score (nSPS) is 10.7. The number of fused-ring (bicyclic) bond motifs is 1. The highest BCUT2D eigenvalue weighted by Crippen LogP contribution is 2.29. The van der Waals surface area contributed by atoms with E-state index in [0.717, 1.165) is 22.3 Å². The lowest BCUT2D eigenvalue weighted by molar-refractivity contribution is 0.340. The highest BCUT2D eigenvalue weighted by atomic mass is 16.5. The third kappa shape index (κ3) is 2.30. The third-order valence-electron chi connectivity index (χ3n) is 3.11. The number of rotatable bonds is 3. The molecule has 3 rings (SSSR count). The van der Waals surface area contributed by atoms with E-state index in [0.29, 0.717) is 12.2 Å². The summed E-state index contributed by atoms with van der Waals surface area (Å²) in [6, 6.07) is 16.8. The Balaban J connectivity index is 2.29. The van der Waals surface area contributed by atoms with Gasteiger partial charge in [0, 0.05) is 11.5 Å². The van der Waals surface area contributed by atoms with Crippen molar-refractivity contribution in [3.8, 4) is 16.9 Å². The molecule has 0 fully saturated rings. The predicted octanol–water partition coefficient (Wildman–Crippen LogP) is 3.86. The van der Waals surface area contributed by atoms with Gasteiger partial charge in [-0.25, -0.2) is 4.79 Å². The van der Waals surface area contributed by atoms with Crippen LogP contribution in [-0.4, -0.2) is 6.61 Å². The zero-order valence-corrected chi connectivity index (χ0v) is 11.1. The van der Waals surface area contributed by atoms with Crippen molar-refractivity contribution < 1.29 is 9.15 Å². The SMILES string of the molecule is CCOc1ccc2oc(=O)cc(-c3ccccc3)c2c1. The quantitative estimate of drug-likeness (QED) is 0.676. The van der Waals surface area contributed by atoms with Gasteiger partial charge in [-0.1, -0.05) is 30.3 Å². The van der Waals surface area contributed by atoms with Crippen LogP contribution in [0.2, 0.25) is 0 Å². The van der Waals surface area contributed by atoms with Crippen molar-refractivity contribution in [3.05, 3.63) is 65.0 Å². The number of ether oxygens (including phenoxy) is 1.